The van der Waals surface area contributed by atoms with E-state index in [-0.39, 0.29) is 22.4 Å². The highest BCUT2D eigenvalue weighted by atomic mass is 16.2. The summed E-state index contributed by atoms with van der Waals surface area (Å²) >= 11 is 0. The number of benzene rings is 2. The maximum Gasteiger partial charge on any atom is 0.331 e. The minimum absolute atomic E-state index is 0.0930. The molecule has 34 heavy (non-hydrogen) atoms. The SMILES string of the molecule is CCc1[nH]n(-c2ccccc2)c(=O)c1C1=C([n+]2ccc(C)cc2)C(=O)N(c2ccccc2)C1=O. The second-order valence-corrected chi connectivity index (χ2v) is 8.08. The topological polar surface area (TPSA) is 79.1 Å². The van der Waals surface area contributed by atoms with Crippen molar-refractivity contribution in [2.75, 3.05) is 4.90 Å². The number of para-hydroxylation sites is 2. The Morgan fingerprint density at radius 3 is 1.97 bits per heavy atom. The number of anilines is 1. The Hall–Kier alpha value is -4.52. The van der Waals surface area contributed by atoms with Gasteiger partial charge in [0.2, 0.25) is 0 Å². The minimum Gasteiger partial charge on any atom is -0.294 e. The van der Waals surface area contributed by atoms with Crippen molar-refractivity contribution in [3.05, 3.63) is 112 Å². The number of nitrogens with zero attached hydrogens (tertiary/aromatic N) is 3. The van der Waals surface area contributed by atoms with Gasteiger partial charge in [0.05, 0.1) is 16.9 Å². The number of aromatic amines is 1. The predicted molar refractivity (Wildman–Crippen MR) is 129 cm³/mol. The first kappa shape index (κ1) is 21.3. The molecular formula is C27H23N4O3+. The molecule has 0 saturated carbocycles. The third kappa shape index (κ3) is 3.38. The average Bonchev–Trinajstić information content (AvgIpc) is 3.32. The maximum absolute atomic E-state index is 13.8. The largest absolute Gasteiger partial charge is 0.331 e. The molecule has 0 fully saturated rings. The number of carbonyl (C=O) groups excluding carboxylic acids is 2. The highest BCUT2D eigenvalue weighted by Crippen LogP contribution is 2.33. The van der Waals surface area contributed by atoms with Gasteiger partial charge < -0.3 is 0 Å². The van der Waals surface area contributed by atoms with E-state index in [4.69, 9.17) is 0 Å². The molecule has 0 spiro atoms. The van der Waals surface area contributed by atoms with Gasteiger partial charge in [0, 0.05) is 17.8 Å². The Morgan fingerprint density at radius 2 is 1.38 bits per heavy atom. The molecule has 0 unspecified atom stereocenters. The number of pyridine rings is 1. The zero-order chi connectivity index (χ0) is 23.8. The van der Waals surface area contributed by atoms with Gasteiger partial charge in [-0.2, -0.15) is 4.57 Å². The van der Waals surface area contributed by atoms with Gasteiger partial charge in [0.25, 0.3) is 17.2 Å². The molecule has 2 aromatic carbocycles. The van der Waals surface area contributed by atoms with E-state index in [2.05, 4.69) is 5.10 Å². The Morgan fingerprint density at radius 1 is 0.794 bits per heavy atom. The first-order chi connectivity index (χ1) is 16.5. The lowest BCUT2D eigenvalue weighted by Gasteiger charge is -2.13. The maximum atomic E-state index is 13.8. The number of imide groups is 1. The molecule has 7 heteroatoms. The van der Waals surface area contributed by atoms with Crippen molar-refractivity contribution in [2.24, 2.45) is 0 Å². The summed E-state index contributed by atoms with van der Waals surface area (Å²) in [5.41, 5.74) is 2.79. The van der Waals surface area contributed by atoms with Crippen molar-refractivity contribution in [1.82, 2.24) is 9.78 Å². The smallest absolute Gasteiger partial charge is 0.294 e. The lowest BCUT2D eigenvalue weighted by molar-refractivity contribution is -0.576. The van der Waals surface area contributed by atoms with Crippen LogP contribution in [0.5, 0.6) is 0 Å². The Bertz CT molecular complexity index is 1480. The first-order valence-corrected chi connectivity index (χ1v) is 11.1. The van der Waals surface area contributed by atoms with Crippen molar-refractivity contribution in [2.45, 2.75) is 20.3 Å². The van der Waals surface area contributed by atoms with Crippen molar-refractivity contribution >= 4 is 28.8 Å². The summed E-state index contributed by atoms with van der Waals surface area (Å²) in [5.74, 6) is -1.00. The fourth-order valence-corrected chi connectivity index (χ4v) is 4.20. The lowest BCUT2D eigenvalue weighted by Crippen LogP contribution is -2.39. The number of rotatable bonds is 5. The van der Waals surface area contributed by atoms with Crippen LogP contribution < -0.4 is 15.0 Å². The Kier molecular flexibility index (Phi) is 5.30. The summed E-state index contributed by atoms with van der Waals surface area (Å²) in [6.07, 6.45) is 3.95. The summed E-state index contributed by atoms with van der Waals surface area (Å²) in [7, 11) is 0. The number of hydrogen-bond donors (Lipinski definition) is 1. The Balaban J connectivity index is 1.78. The number of aromatic nitrogens is 3. The van der Waals surface area contributed by atoms with E-state index in [9.17, 15) is 14.4 Å². The van der Waals surface area contributed by atoms with Gasteiger partial charge >= 0.3 is 5.91 Å². The van der Waals surface area contributed by atoms with E-state index < -0.39 is 11.8 Å². The molecule has 0 bridgehead atoms. The number of nitrogens with one attached hydrogen (secondary N) is 1. The molecule has 2 aromatic heterocycles. The highest BCUT2D eigenvalue weighted by Gasteiger charge is 2.48. The molecule has 0 atom stereocenters. The van der Waals surface area contributed by atoms with Crippen LogP contribution in [0.2, 0.25) is 0 Å². The van der Waals surface area contributed by atoms with Gasteiger partial charge in [-0.25, -0.2) is 9.58 Å². The predicted octanol–water partition coefficient (Wildman–Crippen LogP) is 3.27. The lowest BCUT2D eigenvalue weighted by atomic mass is 10.0. The molecule has 3 heterocycles. The third-order valence-electron chi connectivity index (χ3n) is 5.91. The van der Waals surface area contributed by atoms with E-state index in [0.717, 1.165) is 10.5 Å². The van der Waals surface area contributed by atoms with Crippen LogP contribution in [0.3, 0.4) is 0 Å². The average molecular weight is 452 g/mol. The first-order valence-electron chi connectivity index (χ1n) is 11.1. The van der Waals surface area contributed by atoms with E-state index in [1.54, 1.807) is 41.2 Å². The van der Waals surface area contributed by atoms with E-state index in [0.29, 0.717) is 23.5 Å². The third-order valence-corrected chi connectivity index (χ3v) is 5.91. The van der Waals surface area contributed by atoms with E-state index >= 15 is 0 Å². The van der Waals surface area contributed by atoms with Crippen LogP contribution >= 0.6 is 0 Å². The summed E-state index contributed by atoms with van der Waals surface area (Å²) in [4.78, 5) is 42.3. The number of hydrogen-bond acceptors (Lipinski definition) is 3. The number of aryl methyl sites for hydroxylation is 2. The Labute approximate surface area is 196 Å². The zero-order valence-corrected chi connectivity index (χ0v) is 18.9. The van der Waals surface area contributed by atoms with Crippen molar-refractivity contribution in [1.29, 1.82) is 0 Å². The van der Waals surface area contributed by atoms with Gasteiger partial charge in [-0.3, -0.25) is 19.5 Å². The van der Waals surface area contributed by atoms with Gasteiger partial charge in [0.1, 0.15) is 5.57 Å². The van der Waals surface area contributed by atoms with Gasteiger partial charge in [-0.05, 0) is 43.2 Å². The molecular weight excluding hydrogens is 428 g/mol. The fraction of sp³-hybridized carbons (Fsp3) is 0.111. The minimum atomic E-state index is -0.523. The molecule has 0 aliphatic carbocycles. The molecule has 1 N–H and O–H groups in total. The summed E-state index contributed by atoms with van der Waals surface area (Å²) in [6.45, 7) is 3.84. The molecule has 1 aliphatic rings. The van der Waals surface area contributed by atoms with Crippen molar-refractivity contribution in [3.8, 4) is 5.69 Å². The normalized spacial score (nSPS) is 13.8. The number of H-pyrrole nitrogens is 1. The summed E-state index contributed by atoms with van der Waals surface area (Å²) < 4.78 is 3.03. The van der Waals surface area contributed by atoms with Gasteiger partial charge in [-0.15, -0.1) is 0 Å². The van der Waals surface area contributed by atoms with Crippen LogP contribution in [-0.4, -0.2) is 21.6 Å². The van der Waals surface area contributed by atoms with Crippen LogP contribution in [0.1, 0.15) is 23.7 Å². The number of amides is 2. The quantitative estimate of drug-likeness (QED) is 0.374. The van der Waals surface area contributed by atoms with E-state index in [1.807, 2.05) is 62.4 Å². The molecule has 0 saturated heterocycles. The number of carbonyl (C=O) groups is 2. The molecule has 4 aromatic rings. The molecule has 7 nitrogen and oxygen atoms in total. The standard InChI is InChI=1S/C27H22N4O3/c1-3-21-22(26(33)31(28-21)20-12-8-5-9-13-20)23-24(29-16-14-18(2)15-17-29)27(34)30(25(23)32)19-10-6-4-7-11-19/h4-17H,3H2,1-2H3/p+1. The van der Waals surface area contributed by atoms with E-state index in [1.165, 1.54) is 4.68 Å². The second kappa shape index (κ2) is 8.44. The van der Waals surface area contributed by atoms with Crippen LogP contribution in [0, 0.1) is 6.92 Å². The van der Waals surface area contributed by atoms with Gasteiger partial charge in [-0.1, -0.05) is 43.3 Å². The molecule has 2 amide bonds. The highest BCUT2D eigenvalue weighted by molar-refractivity contribution is 6.53. The van der Waals surface area contributed by atoms with Gasteiger partial charge in [0.15, 0.2) is 12.4 Å². The van der Waals surface area contributed by atoms with Crippen LogP contribution in [-0.2, 0) is 16.0 Å². The fourth-order valence-electron chi connectivity index (χ4n) is 4.20. The van der Waals surface area contributed by atoms with Crippen molar-refractivity contribution in [3.63, 3.8) is 0 Å². The molecule has 1 aliphatic heterocycles. The summed E-state index contributed by atoms with van der Waals surface area (Å²) in [6, 6.07) is 21.6. The van der Waals surface area contributed by atoms with Crippen molar-refractivity contribution < 1.29 is 14.2 Å². The van der Waals surface area contributed by atoms with Crippen LogP contribution in [0.4, 0.5) is 5.69 Å². The monoisotopic (exact) mass is 451 g/mol. The molecule has 168 valence electrons. The summed E-state index contributed by atoms with van der Waals surface area (Å²) in [5, 5.41) is 3.14. The second-order valence-electron chi connectivity index (χ2n) is 8.08. The molecule has 0 radical (unpaired) electrons. The zero-order valence-electron chi connectivity index (χ0n) is 18.9. The molecule has 5 rings (SSSR count). The van der Waals surface area contributed by atoms with Crippen LogP contribution in [0.15, 0.2) is 90.0 Å². The van der Waals surface area contributed by atoms with Crippen LogP contribution in [0.25, 0.3) is 17.0 Å².